The summed E-state index contributed by atoms with van der Waals surface area (Å²) >= 11 is 0. The van der Waals surface area contributed by atoms with Crippen molar-refractivity contribution in [3.63, 3.8) is 0 Å². The van der Waals surface area contributed by atoms with Gasteiger partial charge in [0.05, 0.1) is 18.6 Å². The molecule has 0 aliphatic heterocycles. The Morgan fingerprint density at radius 3 is 2.64 bits per heavy atom. The Morgan fingerprint density at radius 1 is 1.18 bits per heavy atom. The Balaban J connectivity index is 2.12. The van der Waals surface area contributed by atoms with Gasteiger partial charge >= 0.3 is 5.69 Å². The predicted molar refractivity (Wildman–Crippen MR) is 111 cm³/mol. The first-order chi connectivity index (χ1) is 13.5. The minimum absolute atomic E-state index is 0.0185. The van der Waals surface area contributed by atoms with Crippen LogP contribution in [0.25, 0.3) is 10.9 Å². The van der Waals surface area contributed by atoms with E-state index in [0.29, 0.717) is 18.2 Å². The third-order valence-corrected chi connectivity index (χ3v) is 4.46. The Kier molecular flexibility index (Phi) is 5.45. The van der Waals surface area contributed by atoms with Crippen LogP contribution in [0.5, 0.6) is 0 Å². The molecule has 3 rings (SSSR count). The Hall–Kier alpha value is -3.60. The SMILES string of the molecule is CC#CCNc1c(NC)n(C)c(=O)n(Cc2nc(C)c3ccccc3n2)c1=O. The van der Waals surface area contributed by atoms with Gasteiger partial charge in [0.1, 0.15) is 17.3 Å². The van der Waals surface area contributed by atoms with Crippen molar-refractivity contribution in [3.8, 4) is 11.8 Å². The summed E-state index contributed by atoms with van der Waals surface area (Å²) in [6.07, 6.45) is 0. The summed E-state index contributed by atoms with van der Waals surface area (Å²) in [5, 5.41) is 6.85. The van der Waals surface area contributed by atoms with E-state index >= 15 is 0 Å². The van der Waals surface area contributed by atoms with Crippen LogP contribution in [0.1, 0.15) is 18.4 Å². The molecule has 0 unspecified atom stereocenters. The highest BCUT2D eigenvalue weighted by atomic mass is 16.2. The molecule has 0 bridgehead atoms. The molecule has 8 heteroatoms. The number of para-hydroxylation sites is 1. The fourth-order valence-corrected chi connectivity index (χ4v) is 3.09. The van der Waals surface area contributed by atoms with Crippen LogP contribution in [-0.4, -0.2) is 32.7 Å². The number of rotatable bonds is 5. The van der Waals surface area contributed by atoms with Crippen LogP contribution in [-0.2, 0) is 13.6 Å². The van der Waals surface area contributed by atoms with Crippen molar-refractivity contribution >= 4 is 22.4 Å². The lowest BCUT2D eigenvalue weighted by Gasteiger charge is -2.16. The van der Waals surface area contributed by atoms with Gasteiger partial charge in [-0.15, -0.1) is 5.92 Å². The van der Waals surface area contributed by atoms with Gasteiger partial charge in [0.2, 0.25) is 0 Å². The molecule has 3 aromatic rings. The van der Waals surface area contributed by atoms with Gasteiger partial charge in [0.25, 0.3) is 5.56 Å². The average molecular weight is 378 g/mol. The van der Waals surface area contributed by atoms with Crippen molar-refractivity contribution < 1.29 is 0 Å². The average Bonchev–Trinajstić information content (AvgIpc) is 2.69. The van der Waals surface area contributed by atoms with E-state index in [1.165, 1.54) is 4.57 Å². The van der Waals surface area contributed by atoms with Gasteiger partial charge in [-0.25, -0.2) is 14.8 Å². The molecule has 0 amide bonds. The zero-order valence-corrected chi connectivity index (χ0v) is 16.3. The van der Waals surface area contributed by atoms with E-state index in [2.05, 4.69) is 32.4 Å². The number of nitrogens with zero attached hydrogens (tertiary/aromatic N) is 4. The maximum atomic E-state index is 13.0. The van der Waals surface area contributed by atoms with Gasteiger partial charge in [0.15, 0.2) is 0 Å². The van der Waals surface area contributed by atoms with Gasteiger partial charge in [-0.1, -0.05) is 24.1 Å². The third kappa shape index (κ3) is 3.47. The Labute approximate surface area is 162 Å². The molecule has 2 aromatic heterocycles. The van der Waals surface area contributed by atoms with E-state index in [4.69, 9.17) is 0 Å². The molecule has 8 nitrogen and oxygen atoms in total. The maximum absolute atomic E-state index is 13.0. The minimum atomic E-state index is -0.448. The number of aryl methyl sites for hydroxylation is 1. The van der Waals surface area contributed by atoms with Crippen LogP contribution in [0.15, 0.2) is 33.9 Å². The molecule has 0 spiro atoms. The van der Waals surface area contributed by atoms with Crippen LogP contribution in [0.4, 0.5) is 11.5 Å². The lowest BCUT2D eigenvalue weighted by atomic mass is 10.2. The molecular weight excluding hydrogens is 356 g/mol. The van der Waals surface area contributed by atoms with Gasteiger partial charge in [-0.3, -0.25) is 13.9 Å². The topological polar surface area (TPSA) is 93.8 Å². The molecule has 0 saturated heterocycles. The monoisotopic (exact) mass is 378 g/mol. The zero-order chi connectivity index (χ0) is 20.3. The second-order valence-electron chi connectivity index (χ2n) is 6.23. The quantitative estimate of drug-likeness (QED) is 0.651. The Bertz CT molecular complexity index is 1210. The summed E-state index contributed by atoms with van der Waals surface area (Å²) < 4.78 is 2.52. The van der Waals surface area contributed by atoms with Crippen molar-refractivity contribution in [3.05, 3.63) is 56.6 Å². The first-order valence-electron chi connectivity index (χ1n) is 8.85. The summed E-state index contributed by atoms with van der Waals surface area (Å²) in [5.74, 6) is 6.44. The number of anilines is 2. The molecule has 2 heterocycles. The molecule has 0 aliphatic carbocycles. The molecule has 0 radical (unpaired) electrons. The fraction of sp³-hybridized carbons (Fsp3) is 0.300. The number of hydrogen-bond donors (Lipinski definition) is 2. The van der Waals surface area contributed by atoms with Crippen molar-refractivity contribution in [2.75, 3.05) is 24.2 Å². The highest BCUT2D eigenvalue weighted by Gasteiger charge is 2.17. The molecule has 2 N–H and O–H groups in total. The fourth-order valence-electron chi connectivity index (χ4n) is 3.09. The van der Waals surface area contributed by atoms with E-state index in [-0.39, 0.29) is 12.2 Å². The number of nitrogens with one attached hydrogen (secondary N) is 2. The van der Waals surface area contributed by atoms with Crippen LogP contribution in [0.3, 0.4) is 0 Å². The van der Waals surface area contributed by atoms with E-state index < -0.39 is 11.2 Å². The highest BCUT2D eigenvalue weighted by molar-refractivity contribution is 5.80. The largest absolute Gasteiger partial charge is 0.373 e. The van der Waals surface area contributed by atoms with Crippen LogP contribution < -0.4 is 21.9 Å². The first-order valence-corrected chi connectivity index (χ1v) is 8.85. The summed E-state index contributed by atoms with van der Waals surface area (Å²) in [5.41, 5.74) is 0.965. The van der Waals surface area contributed by atoms with Gasteiger partial charge in [-0.2, -0.15) is 0 Å². The molecule has 1 aromatic carbocycles. The lowest BCUT2D eigenvalue weighted by molar-refractivity contribution is 0.626. The van der Waals surface area contributed by atoms with Crippen LogP contribution in [0, 0.1) is 18.8 Å². The smallest absolute Gasteiger partial charge is 0.332 e. The summed E-state index contributed by atoms with van der Waals surface area (Å²) in [6.45, 7) is 3.88. The molecular formula is C20H22N6O2. The number of benzene rings is 1. The molecule has 0 aliphatic rings. The number of aromatic nitrogens is 4. The third-order valence-electron chi connectivity index (χ3n) is 4.46. The van der Waals surface area contributed by atoms with Crippen LogP contribution >= 0.6 is 0 Å². The van der Waals surface area contributed by atoms with Crippen LogP contribution in [0.2, 0.25) is 0 Å². The van der Waals surface area contributed by atoms with Crippen molar-refractivity contribution in [2.45, 2.75) is 20.4 Å². The van der Waals surface area contributed by atoms with E-state index in [1.807, 2.05) is 31.2 Å². The van der Waals surface area contributed by atoms with Gasteiger partial charge in [0, 0.05) is 25.2 Å². The van der Waals surface area contributed by atoms with E-state index in [9.17, 15) is 9.59 Å². The summed E-state index contributed by atoms with van der Waals surface area (Å²) in [4.78, 5) is 34.8. The second kappa shape index (κ2) is 7.96. The molecule has 28 heavy (non-hydrogen) atoms. The van der Waals surface area contributed by atoms with Crippen molar-refractivity contribution in [2.24, 2.45) is 7.05 Å². The van der Waals surface area contributed by atoms with E-state index in [0.717, 1.165) is 21.2 Å². The highest BCUT2D eigenvalue weighted by Crippen LogP contribution is 2.16. The lowest BCUT2D eigenvalue weighted by Crippen LogP contribution is -2.41. The van der Waals surface area contributed by atoms with Crippen molar-refractivity contribution in [1.29, 1.82) is 0 Å². The first kappa shape index (κ1) is 19.2. The number of fused-ring (bicyclic) bond motifs is 1. The number of hydrogen-bond acceptors (Lipinski definition) is 6. The normalized spacial score (nSPS) is 10.4. The van der Waals surface area contributed by atoms with Gasteiger partial charge in [-0.05, 0) is 19.9 Å². The molecule has 0 saturated carbocycles. The predicted octanol–water partition coefficient (Wildman–Crippen LogP) is 1.32. The molecule has 0 atom stereocenters. The maximum Gasteiger partial charge on any atom is 0.332 e. The van der Waals surface area contributed by atoms with Crippen molar-refractivity contribution in [1.82, 2.24) is 19.1 Å². The summed E-state index contributed by atoms with van der Waals surface area (Å²) in [7, 11) is 3.26. The second-order valence-corrected chi connectivity index (χ2v) is 6.23. The molecule has 144 valence electrons. The van der Waals surface area contributed by atoms with Gasteiger partial charge < -0.3 is 10.6 Å². The summed E-state index contributed by atoms with van der Waals surface area (Å²) in [6, 6.07) is 7.64. The standard InChI is InChI=1S/C20H22N6O2/c1-5-6-11-22-17-18(21-3)25(4)20(28)26(19(17)27)12-16-23-13(2)14-9-7-8-10-15(14)24-16/h7-10,21-22H,11-12H2,1-4H3. The Morgan fingerprint density at radius 2 is 1.93 bits per heavy atom. The minimum Gasteiger partial charge on any atom is -0.373 e. The molecule has 0 fully saturated rings. The zero-order valence-electron chi connectivity index (χ0n) is 16.3. The van der Waals surface area contributed by atoms with E-state index in [1.54, 1.807) is 21.0 Å².